The van der Waals surface area contributed by atoms with Gasteiger partial charge in [-0.15, -0.1) is 0 Å². The molecule has 0 unspecified atom stereocenters. The van der Waals surface area contributed by atoms with Gasteiger partial charge in [-0.25, -0.2) is 13.8 Å². The molecular weight excluding hydrogens is 342 g/mol. The fourth-order valence-corrected chi connectivity index (χ4v) is 5.34. The number of aromatic nitrogens is 1. The molecule has 1 aromatic rings. The van der Waals surface area contributed by atoms with Gasteiger partial charge in [-0.2, -0.15) is 0 Å². The molecule has 0 radical (unpaired) electrons. The van der Waals surface area contributed by atoms with Crippen molar-refractivity contribution >= 4 is 11.3 Å². The SMILES string of the molecule is FC1(F)CC(Oc2nc3c(s2)CCN(CCC2CCCCC2)CC3)C1. The Hall–Kier alpha value is -0.750. The lowest BCUT2D eigenvalue weighted by Crippen LogP contribution is -2.43. The molecule has 2 aliphatic carbocycles. The normalized spacial score (nSPS) is 25.2. The lowest BCUT2D eigenvalue weighted by atomic mass is 9.87. The van der Waals surface area contributed by atoms with Gasteiger partial charge in [-0.3, -0.25) is 0 Å². The number of hydrogen-bond acceptors (Lipinski definition) is 4. The Kier molecular flexibility index (Phi) is 5.28. The Morgan fingerprint density at radius 3 is 2.64 bits per heavy atom. The summed E-state index contributed by atoms with van der Waals surface area (Å²) in [5.74, 6) is -1.59. The Morgan fingerprint density at radius 2 is 1.88 bits per heavy atom. The first-order valence-corrected chi connectivity index (χ1v) is 10.6. The predicted octanol–water partition coefficient (Wildman–Crippen LogP) is 4.69. The summed E-state index contributed by atoms with van der Waals surface area (Å²) in [5, 5.41) is 0.598. The summed E-state index contributed by atoms with van der Waals surface area (Å²) >= 11 is 1.57. The van der Waals surface area contributed by atoms with Crippen molar-refractivity contribution in [2.75, 3.05) is 19.6 Å². The summed E-state index contributed by atoms with van der Waals surface area (Å²) in [6.45, 7) is 3.35. The molecule has 2 fully saturated rings. The Labute approximate surface area is 152 Å². The van der Waals surface area contributed by atoms with E-state index in [1.807, 2.05) is 0 Å². The number of nitrogens with zero attached hydrogens (tertiary/aromatic N) is 2. The lowest BCUT2D eigenvalue weighted by molar-refractivity contribution is -0.134. The molecule has 1 aromatic heterocycles. The molecule has 25 heavy (non-hydrogen) atoms. The van der Waals surface area contributed by atoms with Crippen LogP contribution >= 0.6 is 11.3 Å². The van der Waals surface area contributed by atoms with E-state index < -0.39 is 5.92 Å². The van der Waals surface area contributed by atoms with Crippen molar-refractivity contribution in [1.82, 2.24) is 9.88 Å². The zero-order valence-corrected chi connectivity index (χ0v) is 15.6. The minimum absolute atomic E-state index is 0.161. The molecule has 0 saturated heterocycles. The van der Waals surface area contributed by atoms with E-state index >= 15 is 0 Å². The maximum atomic E-state index is 12.9. The molecule has 0 amide bonds. The van der Waals surface area contributed by atoms with Crippen molar-refractivity contribution in [3.8, 4) is 5.19 Å². The van der Waals surface area contributed by atoms with Crippen LogP contribution in [0.3, 0.4) is 0 Å². The quantitative estimate of drug-likeness (QED) is 0.752. The first-order valence-electron chi connectivity index (χ1n) is 9.83. The van der Waals surface area contributed by atoms with Crippen LogP contribution in [0.15, 0.2) is 0 Å². The van der Waals surface area contributed by atoms with E-state index in [0.717, 1.165) is 37.5 Å². The average molecular weight is 371 g/mol. The van der Waals surface area contributed by atoms with Gasteiger partial charge in [-0.05, 0) is 25.3 Å². The van der Waals surface area contributed by atoms with E-state index in [2.05, 4.69) is 9.88 Å². The van der Waals surface area contributed by atoms with Crippen LogP contribution in [0.1, 0.15) is 61.9 Å². The molecule has 3 nitrogen and oxygen atoms in total. The highest BCUT2D eigenvalue weighted by Crippen LogP contribution is 2.41. The van der Waals surface area contributed by atoms with Gasteiger partial charge in [0.15, 0.2) is 0 Å². The first-order chi connectivity index (χ1) is 12.1. The molecule has 0 N–H and O–H groups in total. The third-order valence-electron chi connectivity index (χ3n) is 5.98. The van der Waals surface area contributed by atoms with Crippen molar-refractivity contribution in [1.29, 1.82) is 0 Å². The Morgan fingerprint density at radius 1 is 1.12 bits per heavy atom. The van der Waals surface area contributed by atoms with E-state index in [-0.39, 0.29) is 18.9 Å². The van der Waals surface area contributed by atoms with Crippen molar-refractivity contribution in [3.63, 3.8) is 0 Å². The third kappa shape index (κ3) is 4.51. The molecule has 0 spiro atoms. The van der Waals surface area contributed by atoms with Crippen LogP contribution in [0.5, 0.6) is 5.19 Å². The largest absolute Gasteiger partial charge is 0.466 e. The average Bonchev–Trinajstić information content (AvgIpc) is 2.85. The molecule has 1 aliphatic heterocycles. The van der Waals surface area contributed by atoms with Crippen molar-refractivity contribution < 1.29 is 13.5 Å². The minimum Gasteiger partial charge on any atom is -0.466 e. The van der Waals surface area contributed by atoms with Gasteiger partial charge in [0.05, 0.1) is 5.69 Å². The van der Waals surface area contributed by atoms with Gasteiger partial charge in [-0.1, -0.05) is 43.4 Å². The van der Waals surface area contributed by atoms with Gasteiger partial charge < -0.3 is 9.64 Å². The summed E-state index contributed by atoms with van der Waals surface area (Å²) in [4.78, 5) is 8.46. The van der Waals surface area contributed by atoms with Gasteiger partial charge in [0.2, 0.25) is 0 Å². The molecule has 0 aromatic carbocycles. The molecule has 2 heterocycles. The van der Waals surface area contributed by atoms with E-state index in [4.69, 9.17) is 4.74 Å². The summed E-state index contributed by atoms with van der Waals surface area (Å²) in [6, 6.07) is 0. The maximum Gasteiger partial charge on any atom is 0.273 e. The fourth-order valence-electron chi connectivity index (χ4n) is 4.33. The number of thiazole rings is 1. The summed E-state index contributed by atoms with van der Waals surface area (Å²) in [7, 11) is 0. The van der Waals surface area contributed by atoms with Crippen LogP contribution in [0.2, 0.25) is 0 Å². The smallest absolute Gasteiger partial charge is 0.273 e. The molecule has 140 valence electrons. The fraction of sp³-hybridized carbons (Fsp3) is 0.842. The lowest BCUT2D eigenvalue weighted by Gasteiger charge is -2.33. The predicted molar refractivity (Wildman–Crippen MR) is 95.8 cm³/mol. The van der Waals surface area contributed by atoms with E-state index in [0.29, 0.717) is 5.19 Å². The zero-order valence-electron chi connectivity index (χ0n) is 14.8. The van der Waals surface area contributed by atoms with Gasteiger partial charge in [0.1, 0.15) is 6.10 Å². The van der Waals surface area contributed by atoms with Crippen molar-refractivity contribution in [2.24, 2.45) is 5.92 Å². The Bertz CT molecular complexity index is 552. The highest BCUT2D eigenvalue weighted by molar-refractivity contribution is 7.13. The number of ether oxygens (including phenoxy) is 1. The second kappa shape index (κ2) is 7.47. The van der Waals surface area contributed by atoms with Crippen LogP contribution < -0.4 is 4.74 Å². The summed E-state index contributed by atoms with van der Waals surface area (Å²) in [5.41, 5.74) is 1.13. The highest BCUT2D eigenvalue weighted by Gasteiger charge is 2.47. The zero-order chi connectivity index (χ0) is 17.3. The molecule has 4 rings (SSSR count). The minimum atomic E-state index is -2.53. The Balaban J connectivity index is 1.24. The molecule has 2 saturated carbocycles. The topological polar surface area (TPSA) is 25.4 Å². The van der Waals surface area contributed by atoms with Crippen LogP contribution in [0, 0.1) is 5.92 Å². The van der Waals surface area contributed by atoms with Crippen molar-refractivity contribution in [2.45, 2.75) is 76.2 Å². The third-order valence-corrected chi connectivity index (χ3v) is 7.03. The van der Waals surface area contributed by atoms with Gasteiger partial charge in [0, 0.05) is 37.2 Å². The number of hydrogen-bond donors (Lipinski definition) is 0. The number of fused-ring (bicyclic) bond motifs is 1. The number of alkyl halides is 2. The number of halogens is 2. The van der Waals surface area contributed by atoms with Crippen LogP contribution in [-0.4, -0.2) is 41.5 Å². The number of rotatable bonds is 5. The maximum absolute atomic E-state index is 12.9. The molecule has 0 bridgehead atoms. The summed E-state index contributed by atoms with van der Waals surface area (Å²) in [6.07, 6.45) is 9.74. The van der Waals surface area contributed by atoms with E-state index in [1.165, 1.54) is 49.9 Å². The first kappa shape index (κ1) is 17.7. The molecule has 6 heteroatoms. The van der Waals surface area contributed by atoms with Gasteiger partial charge in [0.25, 0.3) is 11.1 Å². The van der Waals surface area contributed by atoms with Crippen LogP contribution in [0.4, 0.5) is 8.78 Å². The second-order valence-corrected chi connectivity index (χ2v) is 9.03. The molecule has 0 atom stereocenters. The standard InChI is InChI=1S/C19H28F2N2OS/c20-19(21)12-15(13-19)24-18-22-16-7-10-23(11-8-17(16)25-18)9-6-14-4-2-1-3-5-14/h14-15H,1-13H2. The van der Waals surface area contributed by atoms with Crippen LogP contribution in [-0.2, 0) is 12.8 Å². The van der Waals surface area contributed by atoms with E-state index in [1.54, 1.807) is 11.3 Å². The molecule has 3 aliphatic rings. The van der Waals surface area contributed by atoms with E-state index in [9.17, 15) is 8.78 Å². The summed E-state index contributed by atoms with van der Waals surface area (Å²) < 4.78 is 31.5. The van der Waals surface area contributed by atoms with Gasteiger partial charge >= 0.3 is 0 Å². The van der Waals surface area contributed by atoms with Crippen molar-refractivity contribution in [3.05, 3.63) is 10.6 Å². The molecular formula is C19H28F2N2OS. The second-order valence-electron chi connectivity index (χ2n) is 7.99. The highest BCUT2D eigenvalue weighted by atomic mass is 32.1. The monoisotopic (exact) mass is 370 g/mol. The van der Waals surface area contributed by atoms with Crippen LogP contribution in [0.25, 0.3) is 0 Å².